The van der Waals surface area contributed by atoms with Crippen molar-refractivity contribution >= 4 is 28.7 Å². The highest BCUT2D eigenvalue weighted by molar-refractivity contribution is 7.98. The number of fused-ring (bicyclic) bond motifs is 1. The first-order valence-electron chi connectivity index (χ1n) is 8.70. The molecule has 0 saturated heterocycles. The van der Waals surface area contributed by atoms with E-state index in [0.29, 0.717) is 12.3 Å². The van der Waals surface area contributed by atoms with Crippen LogP contribution in [-0.4, -0.2) is 36.1 Å². The predicted octanol–water partition coefficient (Wildman–Crippen LogP) is 4.01. The maximum atomic E-state index is 12.5. The number of amides is 1. The van der Waals surface area contributed by atoms with Crippen LogP contribution in [0.1, 0.15) is 28.8 Å². The Bertz CT molecular complexity index is 830. The topological polar surface area (TPSA) is 67.0 Å². The number of methoxy groups -OCH3 is 1. The molecule has 0 aliphatic carbocycles. The van der Waals surface area contributed by atoms with Crippen LogP contribution in [0.3, 0.4) is 0 Å². The average molecular weight is 369 g/mol. The zero-order valence-electron chi connectivity index (χ0n) is 14.8. The summed E-state index contributed by atoms with van der Waals surface area (Å²) in [6.45, 7) is 1.38. The fourth-order valence-corrected chi connectivity index (χ4v) is 3.57. The van der Waals surface area contributed by atoms with Gasteiger partial charge in [-0.2, -0.15) is 0 Å². The highest BCUT2D eigenvalue weighted by Crippen LogP contribution is 2.24. The van der Waals surface area contributed by atoms with Gasteiger partial charge in [0.1, 0.15) is 0 Å². The standard InChI is InChI=1S/C20H23N3O2S/c1-25-13-7-6-12-21-19(24)16-9-3-2-8-15(16)14-26-20-22-17-10-4-5-11-18(17)23-20/h2-5,8-11H,6-7,12-14H2,1H3,(H,21,24)(H,22,23). The Morgan fingerprint density at radius 2 is 1.96 bits per heavy atom. The molecule has 0 spiro atoms. The first-order valence-corrected chi connectivity index (χ1v) is 9.69. The number of unbranched alkanes of at least 4 members (excludes halogenated alkanes) is 1. The van der Waals surface area contributed by atoms with Gasteiger partial charge in [-0.25, -0.2) is 4.98 Å². The minimum absolute atomic E-state index is 0.0248. The van der Waals surface area contributed by atoms with Crippen LogP contribution in [0, 0.1) is 0 Å². The number of H-pyrrole nitrogens is 1. The highest BCUT2D eigenvalue weighted by atomic mass is 32.2. The molecule has 0 radical (unpaired) electrons. The van der Waals surface area contributed by atoms with E-state index in [0.717, 1.165) is 46.8 Å². The van der Waals surface area contributed by atoms with Crippen LogP contribution in [0.2, 0.25) is 0 Å². The lowest BCUT2D eigenvalue weighted by Gasteiger charge is -2.09. The van der Waals surface area contributed by atoms with Crippen molar-refractivity contribution in [2.24, 2.45) is 0 Å². The second-order valence-electron chi connectivity index (χ2n) is 5.96. The van der Waals surface area contributed by atoms with Crippen LogP contribution in [-0.2, 0) is 10.5 Å². The van der Waals surface area contributed by atoms with Crippen molar-refractivity contribution in [2.75, 3.05) is 20.3 Å². The lowest BCUT2D eigenvalue weighted by atomic mass is 10.1. The molecule has 0 atom stereocenters. The Morgan fingerprint density at radius 1 is 1.15 bits per heavy atom. The molecule has 6 heteroatoms. The number of benzene rings is 2. The van der Waals surface area contributed by atoms with Crippen LogP contribution >= 0.6 is 11.8 Å². The summed E-state index contributed by atoms with van der Waals surface area (Å²) in [6.07, 6.45) is 1.86. The lowest BCUT2D eigenvalue weighted by Crippen LogP contribution is -2.25. The molecule has 0 bridgehead atoms. The Morgan fingerprint density at radius 3 is 2.81 bits per heavy atom. The molecule has 26 heavy (non-hydrogen) atoms. The van der Waals surface area contributed by atoms with Crippen LogP contribution in [0.15, 0.2) is 53.7 Å². The maximum absolute atomic E-state index is 12.5. The number of para-hydroxylation sites is 2. The summed E-state index contributed by atoms with van der Waals surface area (Å²) in [5.74, 6) is 0.663. The van der Waals surface area contributed by atoms with Crippen molar-refractivity contribution < 1.29 is 9.53 Å². The Kier molecular flexibility index (Phi) is 6.68. The van der Waals surface area contributed by atoms with E-state index in [2.05, 4.69) is 15.3 Å². The van der Waals surface area contributed by atoms with Gasteiger partial charge in [0.05, 0.1) is 11.0 Å². The normalized spacial score (nSPS) is 11.0. The van der Waals surface area contributed by atoms with Crippen LogP contribution < -0.4 is 5.32 Å². The number of carbonyl (C=O) groups excluding carboxylic acids is 1. The predicted molar refractivity (Wildman–Crippen MR) is 106 cm³/mol. The number of hydrogen-bond donors (Lipinski definition) is 2. The fourth-order valence-electron chi connectivity index (χ4n) is 2.68. The number of nitrogens with one attached hydrogen (secondary N) is 2. The van der Waals surface area contributed by atoms with Gasteiger partial charge in [-0.1, -0.05) is 42.1 Å². The van der Waals surface area contributed by atoms with Gasteiger partial charge >= 0.3 is 0 Å². The highest BCUT2D eigenvalue weighted by Gasteiger charge is 2.11. The van der Waals surface area contributed by atoms with Crippen LogP contribution in [0.4, 0.5) is 0 Å². The Balaban J connectivity index is 1.60. The second kappa shape index (κ2) is 9.40. The van der Waals surface area contributed by atoms with Gasteiger partial charge in [-0.3, -0.25) is 4.79 Å². The van der Waals surface area contributed by atoms with Crippen LogP contribution in [0.25, 0.3) is 11.0 Å². The molecule has 2 N–H and O–H groups in total. The molecule has 136 valence electrons. The molecule has 0 aliphatic rings. The van der Waals surface area contributed by atoms with Gasteiger partial charge in [0, 0.05) is 31.6 Å². The van der Waals surface area contributed by atoms with E-state index in [4.69, 9.17) is 4.74 Å². The zero-order chi connectivity index (χ0) is 18.2. The number of carbonyl (C=O) groups is 1. The first kappa shape index (κ1) is 18.5. The first-order chi connectivity index (χ1) is 12.8. The van der Waals surface area contributed by atoms with Crippen molar-refractivity contribution in [3.63, 3.8) is 0 Å². The van der Waals surface area contributed by atoms with E-state index in [9.17, 15) is 4.79 Å². The average Bonchev–Trinajstić information content (AvgIpc) is 3.09. The number of thioether (sulfide) groups is 1. The summed E-state index contributed by atoms with van der Waals surface area (Å²) in [6, 6.07) is 15.7. The molecule has 3 aromatic rings. The minimum Gasteiger partial charge on any atom is -0.385 e. The number of aromatic amines is 1. The zero-order valence-corrected chi connectivity index (χ0v) is 15.6. The third kappa shape index (κ3) is 4.86. The van der Waals surface area contributed by atoms with E-state index in [1.165, 1.54) is 0 Å². The Labute approximate surface area is 157 Å². The smallest absolute Gasteiger partial charge is 0.251 e. The van der Waals surface area contributed by atoms with Crippen molar-refractivity contribution in [3.05, 3.63) is 59.7 Å². The summed E-state index contributed by atoms with van der Waals surface area (Å²) in [5, 5.41) is 3.85. The van der Waals surface area contributed by atoms with Crippen molar-refractivity contribution in [2.45, 2.75) is 23.8 Å². The summed E-state index contributed by atoms with van der Waals surface area (Å²) in [7, 11) is 1.69. The molecule has 1 heterocycles. The molecule has 0 aliphatic heterocycles. The van der Waals surface area contributed by atoms with Crippen molar-refractivity contribution in [1.29, 1.82) is 0 Å². The number of hydrogen-bond acceptors (Lipinski definition) is 4. The quantitative estimate of drug-likeness (QED) is 0.442. The van der Waals surface area contributed by atoms with E-state index in [1.54, 1.807) is 18.9 Å². The van der Waals surface area contributed by atoms with Crippen LogP contribution in [0.5, 0.6) is 0 Å². The molecule has 2 aromatic carbocycles. The maximum Gasteiger partial charge on any atom is 0.251 e. The Hall–Kier alpha value is -2.31. The summed E-state index contributed by atoms with van der Waals surface area (Å²) < 4.78 is 5.02. The van der Waals surface area contributed by atoms with E-state index in [1.807, 2.05) is 48.5 Å². The minimum atomic E-state index is -0.0248. The fraction of sp³-hybridized carbons (Fsp3) is 0.300. The monoisotopic (exact) mass is 369 g/mol. The molecule has 0 unspecified atom stereocenters. The summed E-state index contributed by atoms with van der Waals surface area (Å²) in [4.78, 5) is 20.4. The molecule has 3 rings (SSSR count). The number of nitrogens with zero attached hydrogens (tertiary/aromatic N) is 1. The third-order valence-electron chi connectivity index (χ3n) is 4.05. The van der Waals surface area contributed by atoms with Gasteiger partial charge in [-0.05, 0) is 36.6 Å². The second-order valence-corrected chi connectivity index (χ2v) is 6.92. The van der Waals surface area contributed by atoms with Crippen molar-refractivity contribution in [1.82, 2.24) is 15.3 Å². The van der Waals surface area contributed by atoms with Gasteiger partial charge in [0.15, 0.2) is 5.16 Å². The van der Waals surface area contributed by atoms with Gasteiger partial charge < -0.3 is 15.0 Å². The molecule has 5 nitrogen and oxygen atoms in total. The number of imidazole rings is 1. The molecular formula is C20H23N3O2S. The number of aromatic nitrogens is 2. The SMILES string of the molecule is COCCCCNC(=O)c1ccccc1CSc1nc2ccccc2[nH]1. The van der Waals surface area contributed by atoms with E-state index < -0.39 is 0 Å². The lowest BCUT2D eigenvalue weighted by molar-refractivity contribution is 0.0950. The summed E-state index contributed by atoms with van der Waals surface area (Å²) in [5.41, 5.74) is 3.71. The molecule has 0 saturated carbocycles. The molecule has 1 amide bonds. The molecular weight excluding hydrogens is 346 g/mol. The number of rotatable bonds is 9. The van der Waals surface area contributed by atoms with Crippen molar-refractivity contribution in [3.8, 4) is 0 Å². The molecule has 1 aromatic heterocycles. The van der Waals surface area contributed by atoms with Gasteiger partial charge in [-0.15, -0.1) is 0 Å². The number of ether oxygens (including phenoxy) is 1. The molecule has 0 fully saturated rings. The largest absolute Gasteiger partial charge is 0.385 e. The van der Waals surface area contributed by atoms with E-state index >= 15 is 0 Å². The van der Waals surface area contributed by atoms with Gasteiger partial charge in [0.25, 0.3) is 5.91 Å². The third-order valence-corrected chi connectivity index (χ3v) is 4.98. The van der Waals surface area contributed by atoms with Gasteiger partial charge in [0.2, 0.25) is 0 Å². The van der Waals surface area contributed by atoms with E-state index in [-0.39, 0.29) is 5.91 Å². The summed E-state index contributed by atoms with van der Waals surface area (Å²) >= 11 is 1.60.